The molecule has 1 unspecified atom stereocenters. The maximum absolute atomic E-state index is 5.89. The molecule has 0 saturated carbocycles. The standard InChI is InChI=1S/C15H10O2S/c1-2-6-11-10(5-1)9-13(16-11)15-17-12-7-3-4-8-14(12)18-15/h1-9,15H. The molecule has 0 fully saturated rings. The van der Waals surface area contributed by atoms with Gasteiger partial charge in [0, 0.05) is 5.39 Å². The van der Waals surface area contributed by atoms with Crippen molar-refractivity contribution in [2.24, 2.45) is 0 Å². The van der Waals surface area contributed by atoms with E-state index in [0.717, 1.165) is 22.5 Å². The summed E-state index contributed by atoms with van der Waals surface area (Å²) in [6, 6.07) is 18.1. The Kier molecular flexibility index (Phi) is 2.14. The molecule has 2 heterocycles. The lowest BCUT2D eigenvalue weighted by molar-refractivity contribution is 0.270. The zero-order valence-corrected chi connectivity index (χ0v) is 10.3. The van der Waals surface area contributed by atoms with Crippen molar-refractivity contribution in [3.8, 4) is 5.75 Å². The van der Waals surface area contributed by atoms with E-state index in [-0.39, 0.29) is 5.44 Å². The Labute approximate surface area is 109 Å². The molecule has 2 nitrogen and oxygen atoms in total. The third-order valence-corrected chi connectivity index (χ3v) is 4.13. The number of ether oxygens (including phenoxy) is 1. The molecule has 0 N–H and O–H groups in total. The number of hydrogen-bond donors (Lipinski definition) is 0. The third kappa shape index (κ3) is 1.51. The minimum absolute atomic E-state index is 0.0743. The first-order valence-corrected chi connectivity index (χ1v) is 6.69. The van der Waals surface area contributed by atoms with Crippen molar-refractivity contribution in [2.75, 3.05) is 0 Å². The van der Waals surface area contributed by atoms with Gasteiger partial charge in [-0.05, 0) is 24.3 Å². The van der Waals surface area contributed by atoms with Crippen LogP contribution in [0, 0.1) is 0 Å². The summed E-state index contributed by atoms with van der Waals surface area (Å²) in [5.41, 5.74) is 0.836. The van der Waals surface area contributed by atoms with Crippen LogP contribution in [0.1, 0.15) is 11.2 Å². The average Bonchev–Trinajstić information content (AvgIpc) is 3.02. The monoisotopic (exact) mass is 254 g/mol. The molecule has 4 rings (SSSR count). The van der Waals surface area contributed by atoms with Crippen molar-refractivity contribution in [3.05, 3.63) is 60.4 Å². The Morgan fingerprint density at radius 2 is 1.78 bits per heavy atom. The summed E-state index contributed by atoms with van der Waals surface area (Å²) in [5, 5.41) is 1.12. The van der Waals surface area contributed by atoms with Gasteiger partial charge in [-0.25, -0.2) is 0 Å². The molecule has 0 bridgehead atoms. The highest BCUT2D eigenvalue weighted by molar-refractivity contribution is 7.99. The molecule has 0 aliphatic carbocycles. The van der Waals surface area contributed by atoms with Crippen LogP contribution >= 0.6 is 11.8 Å². The van der Waals surface area contributed by atoms with Crippen molar-refractivity contribution >= 4 is 22.7 Å². The molecule has 0 spiro atoms. The minimum atomic E-state index is -0.0743. The van der Waals surface area contributed by atoms with Crippen molar-refractivity contribution in [2.45, 2.75) is 10.3 Å². The quantitative estimate of drug-likeness (QED) is 0.633. The second-order valence-electron chi connectivity index (χ2n) is 4.20. The number of thioether (sulfide) groups is 1. The molecule has 1 aromatic heterocycles. The van der Waals surface area contributed by atoms with Gasteiger partial charge in [0.05, 0.1) is 4.90 Å². The van der Waals surface area contributed by atoms with Crippen molar-refractivity contribution in [1.29, 1.82) is 0 Å². The van der Waals surface area contributed by atoms with Crippen LogP contribution in [0.5, 0.6) is 5.75 Å². The summed E-state index contributed by atoms with van der Waals surface area (Å²) in [6.45, 7) is 0. The molecular weight excluding hydrogens is 244 g/mol. The zero-order chi connectivity index (χ0) is 11.9. The summed E-state index contributed by atoms with van der Waals surface area (Å²) < 4.78 is 11.7. The first-order valence-electron chi connectivity index (χ1n) is 5.81. The molecule has 0 radical (unpaired) electrons. The molecular formula is C15H10O2S. The molecule has 18 heavy (non-hydrogen) atoms. The van der Waals surface area contributed by atoms with E-state index >= 15 is 0 Å². The van der Waals surface area contributed by atoms with Crippen LogP contribution in [-0.4, -0.2) is 0 Å². The van der Waals surface area contributed by atoms with Gasteiger partial charge in [-0.2, -0.15) is 0 Å². The van der Waals surface area contributed by atoms with Crippen molar-refractivity contribution in [1.82, 2.24) is 0 Å². The fraction of sp³-hybridized carbons (Fsp3) is 0.0667. The number of benzene rings is 2. The summed E-state index contributed by atoms with van der Waals surface area (Å²) in [4.78, 5) is 1.17. The van der Waals surface area contributed by atoms with Gasteiger partial charge in [0.25, 0.3) is 0 Å². The number of rotatable bonds is 1. The van der Waals surface area contributed by atoms with E-state index in [1.165, 1.54) is 4.90 Å². The van der Waals surface area contributed by atoms with Crippen LogP contribution in [0.4, 0.5) is 0 Å². The molecule has 3 aromatic rings. The summed E-state index contributed by atoms with van der Waals surface area (Å²) >= 11 is 1.69. The first-order chi connectivity index (χ1) is 8.90. The van der Waals surface area contributed by atoms with Crippen LogP contribution in [0.15, 0.2) is 63.9 Å². The normalized spacial score (nSPS) is 17.7. The molecule has 1 atom stereocenters. The number of para-hydroxylation sites is 2. The summed E-state index contributed by atoms with van der Waals surface area (Å²) in [7, 11) is 0. The van der Waals surface area contributed by atoms with Crippen LogP contribution in [0.2, 0.25) is 0 Å². The predicted molar refractivity (Wildman–Crippen MR) is 71.9 cm³/mol. The molecule has 2 aromatic carbocycles. The maximum atomic E-state index is 5.89. The van der Waals surface area contributed by atoms with Crippen LogP contribution in [-0.2, 0) is 0 Å². The average molecular weight is 254 g/mol. The zero-order valence-electron chi connectivity index (χ0n) is 9.50. The highest BCUT2D eigenvalue weighted by Crippen LogP contribution is 2.48. The maximum Gasteiger partial charge on any atom is 0.206 e. The summed E-state index contributed by atoms with van der Waals surface area (Å²) in [6.07, 6.45) is 0. The second kappa shape index (κ2) is 3.82. The summed E-state index contributed by atoms with van der Waals surface area (Å²) in [5.74, 6) is 1.81. The van der Waals surface area contributed by atoms with Gasteiger partial charge in [-0.1, -0.05) is 42.1 Å². The molecule has 1 aliphatic rings. The molecule has 88 valence electrons. The Bertz CT molecular complexity index is 659. The van der Waals surface area contributed by atoms with E-state index < -0.39 is 0 Å². The predicted octanol–water partition coefficient (Wildman–Crippen LogP) is 4.62. The van der Waals surface area contributed by atoms with E-state index in [1.54, 1.807) is 11.8 Å². The van der Waals surface area contributed by atoms with Gasteiger partial charge < -0.3 is 9.15 Å². The molecule has 3 heteroatoms. The lowest BCUT2D eigenvalue weighted by Gasteiger charge is -2.05. The topological polar surface area (TPSA) is 22.4 Å². The largest absolute Gasteiger partial charge is 0.470 e. The lowest BCUT2D eigenvalue weighted by atomic mass is 10.2. The fourth-order valence-electron chi connectivity index (χ4n) is 2.13. The van der Waals surface area contributed by atoms with Crippen LogP contribution < -0.4 is 4.74 Å². The van der Waals surface area contributed by atoms with E-state index in [0.29, 0.717) is 0 Å². The Balaban J connectivity index is 1.73. The van der Waals surface area contributed by atoms with Gasteiger partial charge in [-0.3, -0.25) is 0 Å². The number of hydrogen-bond acceptors (Lipinski definition) is 3. The highest BCUT2D eigenvalue weighted by Gasteiger charge is 2.27. The van der Waals surface area contributed by atoms with Gasteiger partial charge in [0.2, 0.25) is 5.44 Å². The van der Waals surface area contributed by atoms with Gasteiger partial charge in [-0.15, -0.1) is 0 Å². The van der Waals surface area contributed by atoms with E-state index in [1.807, 2.05) is 36.4 Å². The Morgan fingerprint density at radius 1 is 0.944 bits per heavy atom. The smallest absolute Gasteiger partial charge is 0.206 e. The second-order valence-corrected chi connectivity index (χ2v) is 5.30. The van der Waals surface area contributed by atoms with Gasteiger partial charge in [0.15, 0.2) is 5.76 Å². The molecule has 1 aliphatic heterocycles. The number of furan rings is 1. The molecule has 0 amide bonds. The SMILES string of the molecule is c1ccc2c(c1)OC(c1cc3ccccc3o1)S2. The van der Waals surface area contributed by atoms with Crippen molar-refractivity contribution < 1.29 is 9.15 Å². The van der Waals surface area contributed by atoms with Crippen LogP contribution in [0.3, 0.4) is 0 Å². The van der Waals surface area contributed by atoms with E-state index in [4.69, 9.17) is 9.15 Å². The lowest BCUT2D eigenvalue weighted by Crippen LogP contribution is -1.95. The van der Waals surface area contributed by atoms with Crippen molar-refractivity contribution in [3.63, 3.8) is 0 Å². The first kappa shape index (κ1) is 10.1. The van der Waals surface area contributed by atoms with E-state index in [9.17, 15) is 0 Å². The highest BCUT2D eigenvalue weighted by atomic mass is 32.2. The van der Waals surface area contributed by atoms with Crippen LogP contribution in [0.25, 0.3) is 11.0 Å². The van der Waals surface area contributed by atoms with E-state index in [2.05, 4.69) is 18.2 Å². The Hall–Kier alpha value is -1.87. The fourth-order valence-corrected chi connectivity index (χ4v) is 3.14. The minimum Gasteiger partial charge on any atom is -0.470 e. The Morgan fingerprint density at radius 3 is 2.67 bits per heavy atom. The number of fused-ring (bicyclic) bond motifs is 2. The van der Waals surface area contributed by atoms with Gasteiger partial charge >= 0.3 is 0 Å². The third-order valence-electron chi connectivity index (χ3n) is 2.99. The molecule has 0 saturated heterocycles. The van der Waals surface area contributed by atoms with Gasteiger partial charge in [0.1, 0.15) is 11.3 Å².